The van der Waals surface area contributed by atoms with Gasteiger partial charge in [0.1, 0.15) is 5.69 Å². The van der Waals surface area contributed by atoms with Crippen LogP contribution >= 0.6 is 0 Å². The Balaban J connectivity index is 1.99. The SMILES string of the molecule is CCCc1c(C(F)F)n(CC)c(=O)n1Cc1ccc(-c2ccccc2C(=O)O)cc1. The Morgan fingerprint density at radius 1 is 1.03 bits per heavy atom. The van der Waals surface area contributed by atoms with Gasteiger partial charge in [-0.2, -0.15) is 0 Å². The molecule has 30 heavy (non-hydrogen) atoms. The lowest BCUT2D eigenvalue weighted by Crippen LogP contribution is -2.25. The quantitative estimate of drug-likeness (QED) is 0.566. The van der Waals surface area contributed by atoms with E-state index in [1.807, 2.05) is 6.92 Å². The fourth-order valence-electron chi connectivity index (χ4n) is 3.76. The minimum absolute atomic E-state index is 0.182. The fourth-order valence-corrected chi connectivity index (χ4v) is 3.76. The second-order valence-corrected chi connectivity index (χ2v) is 7.04. The summed E-state index contributed by atoms with van der Waals surface area (Å²) in [6, 6.07) is 13.9. The number of halogens is 2. The second-order valence-electron chi connectivity index (χ2n) is 7.04. The maximum absolute atomic E-state index is 13.7. The molecule has 1 aromatic heterocycles. The molecule has 5 nitrogen and oxygen atoms in total. The van der Waals surface area contributed by atoms with Crippen molar-refractivity contribution in [3.05, 3.63) is 81.5 Å². The number of aromatic nitrogens is 2. The van der Waals surface area contributed by atoms with Gasteiger partial charge in [-0.15, -0.1) is 0 Å². The van der Waals surface area contributed by atoms with Crippen molar-refractivity contribution in [2.75, 3.05) is 0 Å². The molecular formula is C23H24F2N2O3. The number of alkyl halides is 2. The molecular weight excluding hydrogens is 390 g/mol. The van der Waals surface area contributed by atoms with E-state index in [2.05, 4.69) is 0 Å². The number of carbonyl (C=O) groups is 1. The lowest BCUT2D eigenvalue weighted by Gasteiger charge is -2.10. The van der Waals surface area contributed by atoms with Crippen LogP contribution in [0.3, 0.4) is 0 Å². The van der Waals surface area contributed by atoms with Gasteiger partial charge in [-0.25, -0.2) is 18.4 Å². The van der Waals surface area contributed by atoms with Crippen LogP contribution in [0, 0.1) is 0 Å². The largest absolute Gasteiger partial charge is 0.478 e. The van der Waals surface area contributed by atoms with E-state index < -0.39 is 18.1 Å². The van der Waals surface area contributed by atoms with Gasteiger partial charge in [0.2, 0.25) is 0 Å². The van der Waals surface area contributed by atoms with Crippen molar-refractivity contribution >= 4 is 5.97 Å². The first-order valence-corrected chi connectivity index (χ1v) is 9.90. The molecule has 1 N–H and O–H groups in total. The highest BCUT2D eigenvalue weighted by molar-refractivity contribution is 5.95. The molecule has 2 aromatic carbocycles. The maximum atomic E-state index is 13.7. The maximum Gasteiger partial charge on any atom is 0.336 e. The number of imidazole rings is 1. The van der Waals surface area contributed by atoms with Crippen LogP contribution in [0.25, 0.3) is 11.1 Å². The number of hydrogen-bond donors (Lipinski definition) is 1. The number of benzene rings is 2. The zero-order valence-electron chi connectivity index (χ0n) is 16.9. The number of hydrogen-bond acceptors (Lipinski definition) is 2. The summed E-state index contributed by atoms with van der Waals surface area (Å²) in [6.45, 7) is 3.94. The molecule has 3 rings (SSSR count). The molecule has 0 aliphatic carbocycles. The summed E-state index contributed by atoms with van der Waals surface area (Å²) in [6.07, 6.45) is -1.67. The van der Waals surface area contributed by atoms with E-state index in [9.17, 15) is 23.5 Å². The fraction of sp³-hybridized carbons (Fsp3) is 0.304. The third kappa shape index (κ3) is 4.06. The van der Waals surface area contributed by atoms with E-state index in [1.54, 1.807) is 55.5 Å². The van der Waals surface area contributed by atoms with Gasteiger partial charge in [0.15, 0.2) is 0 Å². The van der Waals surface area contributed by atoms with Crippen molar-refractivity contribution in [3.8, 4) is 11.1 Å². The van der Waals surface area contributed by atoms with Crippen LogP contribution in [0.2, 0.25) is 0 Å². The Bertz CT molecular complexity index is 1100. The van der Waals surface area contributed by atoms with Crippen molar-refractivity contribution in [2.24, 2.45) is 0 Å². The standard InChI is InChI=1S/C23H24F2N2O3/c1-3-7-19-20(21(24)25)26(4-2)23(30)27(19)14-15-10-12-16(13-11-15)17-8-5-6-9-18(17)22(28)29/h5-6,8-13,21H,3-4,7,14H2,1-2H3,(H,28,29). The van der Waals surface area contributed by atoms with Gasteiger partial charge in [0.05, 0.1) is 12.1 Å². The van der Waals surface area contributed by atoms with Crippen molar-refractivity contribution in [1.29, 1.82) is 0 Å². The number of rotatable bonds is 8. The molecule has 0 saturated heterocycles. The Kier molecular flexibility index (Phi) is 6.50. The third-order valence-electron chi connectivity index (χ3n) is 5.15. The van der Waals surface area contributed by atoms with Crippen molar-refractivity contribution in [2.45, 2.75) is 46.2 Å². The van der Waals surface area contributed by atoms with Gasteiger partial charge < -0.3 is 5.11 Å². The predicted octanol–water partition coefficient (Wildman–Crippen LogP) is 4.97. The van der Waals surface area contributed by atoms with E-state index in [1.165, 1.54) is 4.57 Å². The van der Waals surface area contributed by atoms with Gasteiger partial charge in [-0.05, 0) is 36.1 Å². The molecule has 0 radical (unpaired) electrons. The molecule has 158 valence electrons. The van der Waals surface area contributed by atoms with Crippen LogP contribution in [0.1, 0.15) is 54.0 Å². The molecule has 7 heteroatoms. The Hall–Kier alpha value is -3.22. The summed E-state index contributed by atoms with van der Waals surface area (Å²) in [5.41, 5.74) is 2.05. The average molecular weight is 414 g/mol. The molecule has 0 fully saturated rings. The normalized spacial score (nSPS) is 11.2. The molecule has 3 aromatic rings. The van der Waals surface area contributed by atoms with E-state index in [0.29, 0.717) is 24.1 Å². The van der Waals surface area contributed by atoms with Crippen LogP contribution in [0.4, 0.5) is 8.78 Å². The Labute approximate surface area is 173 Å². The summed E-state index contributed by atoms with van der Waals surface area (Å²) in [4.78, 5) is 24.2. The summed E-state index contributed by atoms with van der Waals surface area (Å²) >= 11 is 0. The van der Waals surface area contributed by atoms with E-state index in [4.69, 9.17) is 0 Å². The summed E-state index contributed by atoms with van der Waals surface area (Å²) in [5, 5.41) is 9.38. The lowest BCUT2D eigenvalue weighted by atomic mass is 9.99. The van der Waals surface area contributed by atoms with Crippen molar-refractivity contribution in [3.63, 3.8) is 0 Å². The first kappa shape index (κ1) is 21.5. The number of nitrogens with zero attached hydrogens (tertiary/aromatic N) is 2. The highest BCUT2D eigenvalue weighted by Crippen LogP contribution is 2.26. The van der Waals surface area contributed by atoms with E-state index >= 15 is 0 Å². The van der Waals surface area contributed by atoms with Gasteiger partial charge in [-0.3, -0.25) is 9.13 Å². The monoisotopic (exact) mass is 414 g/mol. The molecule has 0 saturated carbocycles. The zero-order chi connectivity index (χ0) is 21.8. The van der Waals surface area contributed by atoms with Crippen molar-refractivity contribution < 1.29 is 18.7 Å². The smallest absolute Gasteiger partial charge is 0.336 e. The molecule has 0 unspecified atom stereocenters. The van der Waals surface area contributed by atoms with Crippen LogP contribution < -0.4 is 5.69 Å². The third-order valence-corrected chi connectivity index (χ3v) is 5.15. The van der Waals surface area contributed by atoms with Crippen molar-refractivity contribution in [1.82, 2.24) is 9.13 Å². The first-order chi connectivity index (χ1) is 14.4. The van der Waals surface area contributed by atoms with E-state index in [-0.39, 0.29) is 24.3 Å². The Morgan fingerprint density at radius 3 is 2.27 bits per heavy atom. The Morgan fingerprint density at radius 2 is 1.70 bits per heavy atom. The summed E-state index contributed by atoms with van der Waals surface area (Å²) in [5.74, 6) is -1.01. The predicted molar refractivity (Wildman–Crippen MR) is 111 cm³/mol. The highest BCUT2D eigenvalue weighted by atomic mass is 19.3. The second kappa shape index (κ2) is 9.07. The topological polar surface area (TPSA) is 64.2 Å². The van der Waals surface area contributed by atoms with Gasteiger partial charge in [0, 0.05) is 12.2 Å². The zero-order valence-corrected chi connectivity index (χ0v) is 16.9. The average Bonchev–Trinajstić information content (AvgIpc) is 3.00. The first-order valence-electron chi connectivity index (χ1n) is 9.90. The van der Waals surface area contributed by atoms with Crippen LogP contribution in [-0.2, 0) is 19.5 Å². The van der Waals surface area contributed by atoms with Gasteiger partial charge in [0.25, 0.3) is 6.43 Å². The van der Waals surface area contributed by atoms with Gasteiger partial charge in [-0.1, -0.05) is 55.8 Å². The van der Waals surface area contributed by atoms with Crippen LogP contribution in [0.5, 0.6) is 0 Å². The number of carboxylic acids is 1. The van der Waals surface area contributed by atoms with Gasteiger partial charge >= 0.3 is 11.7 Å². The molecule has 1 heterocycles. The van der Waals surface area contributed by atoms with Crippen LogP contribution in [0.15, 0.2) is 53.3 Å². The highest BCUT2D eigenvalue weighted by Gasteiger charge is 2.25. The molecule has 0 aliphatic heterocycles. The molecule has 0 amide bonds. The molecule has 0 bridgehead atoms. The molecule has 0 spiro atoms. The molecule has 0 aliphatic rings. The lowest BCUT2D eigenvalue weighted by molar-refractivity contribution is 0.0697. The molecule has 0 atom stereocenters. The minimum Gasteiger partial charge on any atom is -0.478 e. The van der Waals surface area contributed by atoms with Crippen LogP contribution in [-0.4, -0.2) is 20.2 Å². The number of carboxylic acid groups (broad SMARTS) is 1. The number of aromatic carboxylic acids is 1. The minimum atomic E-state index is -2.71. The summed E-state index contributed by atoms with van der Waals surface area (Å²) in [7, 11) is 0. The van der Waals surface area contributed by atoms with E-state index in [0.717, 1.165) is 15.7 Å². The summed E-state index contributed by atoms with van der Waals surface area (Å²) < 4.78 is 29.9.